The lowest BCUT2D eigenvalue weighted by Crippen LogP contribution is -2.29. The number of aromatic nitrogens is 1. The van der Waals surface area contributed by atoms with E-state index in [0.29, 0.717) is 11.4 Å². The van der Waals surface area contributed by atoms with Gasteiger partial charge in [-0.05, 0) is 36.6 Å². The summed E-state index contributed by atoms with van der Waals surface area (Å²) < 4.78 is 37.4. The highest BCUT2D eigenvalue weighted by Gasteiger charge is 2.27. The zero-order chi connectivity index (χ0) is 22.9. The largest absolute Gasteiger partial charge is 0.393 e. The second-order valence-corrected chi connectivity index (χ2v) is 7.25. The van der Waals surface area contributed by atoms with Crippen molar-refractivity contribution in [3.05, 3.63) is 58.0 Å². The maximum Gasteiger partial charge on any atom is 0.393 e. The summed E-state index contributed by atoms with van der Waals surface area (Å²) >= 11 is 0. The topological polar surface area (TPSA) is 107 Å². The Labute approximate surface area is 179 Å². The zero-order valence-corrected chi connectivity index (χ0v) is 17.3. The van der Waals surface area contributed by atoms with Crippen LogP contribution in [-0.2, 0) is 6.42 Å². The molecule has 6 nitrogen and oxygen atoms in total. The predicted octanol–water partition coefficient (Wildman–Crippen LogP) is 4.79. The van der Waals surface area contributed by atoms with Crippen molar-refractivity contribution in [3.8, 4) is 6.07 Å². The summed E-state index contributed by atoms with van der Waals surface area (Å²) in [6, 6.07) is 9.41. The van der Waals surface area contributed by atoms with Crippen molar-refractivity contribution in [2.75, 3.05) is 5.32 Å². The Bertz CT molecular complexity index is 968. The third-order valence-corrected chi connectivity index (χ3v) is 4.77. The predicted molar refractivity (Wildman–Crippen MR) is 115 cm³/mol. The van der Waals surface area contributed by atoms with Gasteiger partial charge in [-0.3, -0.25) is 4.79 Å². The average molecular weight is 433 g/mol. The van der Waals surface area contributed by atoms with E-state index in [1.165, 1.54) is 37.6 Å². The van der Waals surface area contributed by atoms with Crippen LogP contribution < -0.4 is 16.6 Å². The standard InChI is InChI=1S/C20H23F3N4O.C2H3N/c21-20(22,23)12-13-6-8-15(9-7-13)27-18(24)17-16(10-11-25-19(17)28)26-14-4-2-1-3-5-14;1-2-3/h6-11,14H,1-5,12H2,(H2,24,27)(H2,25,26,28);1H3. The number of aromatic amines is 1. The summed E-state index contributed by atoms with van der Waals surface area (Å²) in [5.74, 6) is 0.0173. The van der Waals surface area contributed by atoms with Gasteiger partial charge in [-0.15, -0.1) is 0 Å². The molecular formula is C22H26F3N5O. The number of hydrogen-bond donors (Lipinski definition) is 3. The Morgan fingerprint density at radius 1 is 1.23 bits per heavy atom. The first-order valence-corrected chi connectivity index (χ1v) is 10.0. The third-order valence-electron chi connectivity index (χ3n) is 4.77. The minimum absolute atomic E-state index is 0.0173. The van der Waals surface area contributed by atoms with E-state index in [1.54, 1.807) is 18.3 Å². The molecular weight excluding hydrogens is 407 g/mol. The molecule has 1 aromatic carbocycles. The molecule has 31 heavy (non-hydrogen) atoms. The number of hydrogen-bond acceptors (Lipinski definition) is 4. The van der Waals surface area contributed by atoms with Crippen molar-refractivity contribution < 1.29 is 13.2 Å². The van der Waals surface area contributed by atoms with E-state index in [0.717, 1.165) is 25.7 Å². The number of nitrogens with one attached hydrogen (secondary N) is 2. The molecule has 166 valence electrons. The maximum absolute atomic E-state index is 12.5. The van der Waals surface area contributed by atoms with Gasteiger partial charge in [0.1, 0.15) is 11.4 Å². The number of H-pyrrole nitrogens is 1. The van der Waals surface area contributed by atoms with E-state index < -0.39 is 12.6 Å². The molecule has 0 radical (unpaired) electrons. The number of pyridine rings is 1. The van der Waals surface area contributed by atoms with Gasteiger partial charge in [-0.1, -0.05) is 31.4 Å². The Morgan fingerprint density at radius 2 is 1.84 bits per heavy atom. The second kappa shape index (κ2) is 11.2. The molecule has 2 aromatic rings. The molecule has 1 aliphatic rings. The number of amidine groups is 1. The number of anilines is 1. The van der Waals surface area contributed by atoms with Crippen LogP contribution in [0.25, 0.3) is 0 Å². The molecule has 3 rings (SSSR count). The lowest BCUT2D eigenvalue weighted by Gasteiger charge is -2.24. The smallest absolute Gasteiger partial charge is 0.383 e. The van der Waals surface area contributed by atoms with Gasteiger partial charge >= 0.3 is 6.18 Å². The quantitative estimate of drug-likeness (QED) is 0.465. The van der Waals surface area contributed by atoms with Gasteiger partial charge in [0.15, 0.2) is 0 Å². The summed E-state index contributed by atoms with van der Waals surface area (Å²) in [5, 5.41) is 10.7. The van der Waals surface area contributed by atoms with Crippen LogP contribution in [0.15, 0.2) is 46.3 Å². The van der Waals surface area contributed by atoms with Crippen LogP contribution in [0.1, 0.15) is 50.2 Å². The Balaban J connectivity index is 0.00000107. The summed E-state index contributed by atoms with van der Waals surface area (Å²) in [4.78, 5) is 19.2. The number of halogens is 3. The van der Waals surface area contributed by atoms with Gasteiger partial charge in [0, 0.05) is 19.2 Å². The highest BCUT2D eigenvalue weighted by molar-refractivity contribution is 6.03. The minimum Gasteiger partial charge on any atom is -0.383 e. The first-order chi connectivity index (χ1) is 14.7. The monoisotopic (exact) mass is 433 g/mol. The van der Waals surface area contributed by atoms with E-state index in [2.05, 4.69) is 15.3 Å². The first kappa shape index (κ1) is 24.0. The molecule has 0 spiro atoms. The lowest BCUT2D eigenvalue weighted by atomic mass is 9.95. The molecule has 1 saturated carbocycles. The van der Waals surface area contributed by atoms with Gasteiger partial charge in [0.25, 0.3) is 5.56 Å². The highest BCUT2D eigenvalue weighted by atomic mass is 19.4. The van der Waals surface area contributed by atoms with Crippen molar-refractivity contribution in [2.45, 2.75) is 57.7 Å². The fraction of sp³-hybridized carbons (Fsp3) is 0.409. The molecule has 0 amide bonds. The normalized spacial score (nSPS) is 14.9. The number of rotatable bonds is 5. The van der Waals surface area contributed by atoms with Crippen LogP contribution in [-0.4, -0.2) is 23.0 Å². The van der Waals surface area contributed by atoms with Crippen molar-refractivity contribution in [1.82, 2.24) is 4.98 Å². The van der Waals surface area contributed by atoms with Crippen molar-refractivity contribution in [2.24, 2.45) is 10.7 Å². The van der Waals surface area contributed by atoms with Crippen molar-refractivity contribution in [1.29, 1.82) is 5.26 Å². The fourth-order valence-electron chi connectivity index (χ4n) is 3.43. The molecule has 0 bridgehead atoms. The van der Waals surface area contributed by atoms with E-state index in [-0.39, 0.29) is 28.6 Å². The van der Waals surface area contributed by atoms with Gasteiger partial charge in [-0.2, -0.15) is 18.4 Å². The number of benzene rings is 1. The van der Waals surface area contributed by atoms with Gasteiger partial charge in [0.2, 0.25) is 0 Å². The molecule has 0 aliphatic heterocycles. The third kappa shape index (κ3) is 7.81. The summed E-state index contributed by atoms with van der Waals surface area (Å²) in [6.45, 7) is 1.43. The van der Waals surface area contributed by atoms with Crippen LogP contribution in [0.3, 0.4) is 0 Å². The number of aliphatic imine (C=N–C) groups is 1. The summed E-state index contributed by atoms with van der Waals surface area (Å²) in [7, 11) is 0. The average Bonchev–Trinajstić information content (AvgIpc) is 2.70. The van der Waals surface area contributed by atoms with Crippen LogP contribution >= 0.6 is 0 Å². The molecule has 9 heteroatoms. The zero-order valence-electron chi connectivity index (χ0n) is 17.3. The summed E-state index contributed by atoms with van der Waals surface area (Å²) in [6.07, 6.45) is 1.85. The van der Waals surface area contributed by atoms with Gasteiger partial charge in [-0.25, -0.2) is 4.99 Å². The second-order valence-electron chi connectivity index (χ2n) is 7.25. The first-order valence-electron chi connectivity index (χ1n) is 10.0. The molecule has 1 heterocycles. The molecule has 1 fully saturated rings. The van der Waals surface area contributed by atoms with Crippen LogP contribution in [0.5, 0.6) is 0 Å². The van der Waals surface area contributed by atoms with Crippen molar-refractivity contribution >= 4 is 17.2 Å². The van der Waals surface area contributed by atoms with Crippen molar-refractivity contribution in [3.63, 3.8) is 0 Å². The van der Waals surface area contributed by atoms with Crippen LogP contribution in [0.2, 0.25) is 0 Å². The summed E-state index contributed by atoms with van der Waals surface area (Å²) in [5.41, 5.74) is 7.10. The van der Waals surface area contributed by atoms with E-state index >= 15 is 0 Å². The van der Waals surface area contributed by atoms with Crippen LogP contribution in [0, 0.1) is 11.3 Å². The van der Waals surface area contributed by atoms with Gasteiger partial charge in [0.05, 0.1) is 23.9 Å². The molecule has 1 aliphatic carbocycles. The van der Waals surface area contributed by atoms with Crippen LogP contribution in [0.4, 0.5) is 24.5 Å². The molecule has 0 unspecified atom stereocenters. The fourth-order valence-corrected chi connectivity index (χ4v) is 3.43. The Morgan fingerprint density at radius 3 is 2.42 bits per heavy atom. The lowest BCUT2D eigenvalue weighted by molar-refractivity contribution is -0.127. The number of nitrogens with zero attached hydrogens (tertiary/aromatic N) is 2. The molecule has 0 atom stereocenters. The number of nitrogens with two attached hydrogens (primary N) is 1. The SMILES string of the molecule is CC#N.NC(=Nc1ccc(CC(F)(F)F)cc1)c1c(NC2CCCCC2)cc[nH]c1=O. The van der Waals surface area contributed by atoms with E-state index in [9.17, 15) is 18.0 Å². The highest BCUT2D eigenvalue weighted by Crippen LogP contribution is 2.24. The van der Waals surface area contributed by atoms with E-state index in [1.807, 2.05) is 0 Å². The molecule has 4 N–H and O–H groups in total. The minimum atomic E-state index is -4.26. The molecule has 0 saturated heterocycles. The van der Waals surface area contributed by atoms with Gasteiger partial charge < -0.3 is 16.0 Å². The number of alkyl halides is 3. The Hall–Kier alpha value is -3.28. The number of nitriles is 1. The maximum atomic E-state index is 12.5. The molecule has 1 aromatic heterocycles. The Kier molecular flexibility index (Phi) is 8.67. The van der Waals surface area contributed by atoms with E-state index in [4.69, 9.17) is 11.0 Å².